The standard InChI is InChI=1S/C4H7O3P/c1-4(2,8-7)3(5)6/h1-2H3,(H,5,6). The van der Waals surface area contributed by atoms with E-state index in [1.807, 2.05) is 0 Å². The molecule has 0 unspecified atom stereocenters. The van der Waals surface area contributed by atoms with Crippen LogP contribution >= 0.6 is 8.46 Å². The van der Waals surface area contributed by atoms with E-state index in [9.17, 15) is 9.36 Å². The average Bonchev–Trinajstić information content (AvgIpc) is 1.67. The molecule has 0 aromatic rings. The molecule has 0 atom stereocenters. The zero-order chi connectivity index (χ0) is 6.78. The maximum absolute atomic E-state index is 10.0. The third kappa shape index (κ3) is 1.58. The fourth-order valence-electron chi connectivity index (χ4n) is 0.0390. The van der Waals surface area contributed by atoms with Crippen molar-refractivity contribution in [3.8, 4) is 0 Å². The maximum Gasteiger partial charge on any atom is 0.320 e. The molecule has 0 heterocycles. The van der Waals surface area contributed by atoms with E-state index in [2.05, 4.69) is 0 Å². The van der Waals surface area contributed by atoms with Crippen LogP contribution in [0.25, 0.3) is 0 Å². The number of aliphatic carboxylic acids is 1. The highest BCUT2D eigenvalue weighted by molar-refractivity contribution is 7.27. The third-order valence-corrected chi connectivity index (χ3v) is 1.40. The summed E-state index contributed by atoms with van der Waals surface area (Å²) < 4.78 is 9.98. The van der Waals surface area contributed by atoms with Gasteiger partial charge in [0.2, 0.25) is 0 Å². The van der Waals surface area contributed by atoms with Crippen LogP contribution in [0.3, 0.4) is 0 Å². The highest BCUT2D eigenvalue weighted by Gasteiger charge is 2.27. The van der Waals surface area contributed by atoms with E-state index in [4.69, 9.17) is 5.11 Å². The van der Waals surface area contributed by atoms with E-state index in [-0.39, 0.29) is 8.46 Å². The fourth-order valence-corrected chi connectivity index (χ4v) is 0.117. The van der Waals surface area contributed by atoms with E-state index in [0.29, 0.717) is 0 Å². The molecule has 0 fully saturated rings. The van der Waals surface area contributed by atoms with Gasteiger partial charge in [0, 0.05) is 0 Å². The number of carboxylic acids is 1. The first-order chi connectivity index (χ1) is 3.50. The molecule has 3 nitrogen and oxygen atoms in total. The van der Waals surface area contributed by atoms with Crippen molar-refractivity contribution in [3.63, 3.8) is 0 Å². The van der Waals surface area contributed by atoms with Gasteiger partial charge in [0.1, 0.15) is 5.16 Å². The van der Waals surface area contributed by atoms with E-state index in [1.54, 1.807) is 0 Å². The van der Waals surface area contributed by atoms with Crippen molar-refractivity contribution in [1.82, 2.24) is 0 Å². The molecular weight excluding hydrogens is 127 g/mol. The van der Waals surface area contributed by atoms with Gasteiger partial charge in [0.05, 0.1) is 0 Å². The molecule has 0 spiro atoms. The molecule has 1 N–H and O–H groups in total. The first kappa shape index (κ1) is 7.57. The summed E-state index contributed by atoms with van der Waals surface area (Å²) in [7, 11) is -0.350. The minimum atomic E-state index is -1.12. The van der Waals surface area contributed by atoms with Crippen LogP contribution in [0.15, 0.2) is 0 Å². The Bertz CT molecular complexity index is 118. The van der Waals surface area contributed by atoms with Crippen LogP contribution < -0.4 is 0 Å². The molecule has 0 aliphatic rings. The third-order valence-electron chi connectivity index (χ3n) is 0.752. The summed E-state index contributed by atoms with van der Waals surface area (Å²) in [5.74, 6) is -1.05. The Morgan fingerprint density at radius 2 is 2.00 bits per heavy atom. The summed E-state index contributed by atoms with van der Waals surface area (Å²) >= 11 is 0. The summed E-state index contributed by atoms with van der Waals surface area (Å²) in [6, 6.07) is 0. The second kappa shape index (κ2) is 2.23. The predicted molar refractivity (Wildman–Crippen MR) is 29.3 cm³/mol. The van der Waals surface area contributed by atoms with Crippen molar-refractivity contribution in [3.05, 3.63) is 0 Å². The summed E-state index contributed by atoms with van der Waals surface area (Å²) in [6.45, 7) is 2.79. The number of hydrogen-bond donors (Lipinski definition) is 1. The molecule has 0 amide bonds. The van der Waals surface area contributed by atoms with Crippen LogP contribution in [0.4, 0.5) is 0 Å². The summed E-state index contributed by atoms with van der Waals surface area (Å²) in [5, 5.41) is 7.11. The van der Waals surface area contributed by atoms with Crippen LogP contribution in [-0.2, 0) is 9.36 Å². The summed E-state index contributed by atoms with van der Waals surface area (Å²) in [6.07, 6.45) is 0. The van der Waals surface area contributed by atoms with Crippen LogP contribution in [0.2, 0.25) is 0 Å². The minimum Gasteiger partial charge on any atom is -0.480 e. The molecule has 0 aliphatic heterocycles. The molecule has 4 heteroatoms. The largest absolute Gasteiger partial charge is 0.480 e. The lowest BCUT2D eigenvalue weighted by molar-refractivity contribution is -0.139. The highest BCUT2D eigenvalue weighted by atomic mass is 31.1. The van der Waals surface area contributed by atoms with Gasteiger partial charge >= 0.3 is 5.97 Å². The Morgan fingerprint density at radius 3 is 2.00 bits per heavy atom. The molecular formula is C4H7O3P. The number of rotatable bonds is 2. The van der Waals surface area contributed by atoms with Gasteiger partial charge < -0.3 is 5.11 Å². The number of hydrogen-bond acceptors (Lipinski definition) is 2. The highest BCUT2D eigenvalue weighted by Crippen LogP contribution is 2.20. The van der Waals surface area contributed by atoms with Gasteiger partial charge in [-0.2, -0.15) is 0 Å². The first-order valence-electron chi connectivity index (χ1n) is 2.08. The molecule has 0 saturated carbocycles. The maximum atomic E-state index is 10.0. The molecule has 8 heavy (non-hydrogen) atoms. The van der Waals surface area contributed by atoms with Crippen molar-refractivity contribution < 1.29 is 14.5 Å². The second-order valence-electron chi connectivity index (χ2n) is 1.96. The quantitative estimate of drug-likeness (QED) is 0.576. The lowest BCUT2D eigenvalue weighted by atomic mass is 10.2. The van der Waals surface area contributed by atoms with Crippen LogP contribution in [0.5, 0.6) is 0 Å². The van der Waals surface area contributed by atoms with Gasteiger partial charge in [-0.05, 0) is 13.8 Å². The summed E-state index contributed by atoms with van der Waals surface area (Å²) in [4.78, 5) is 10.0. The van der Waals surface area contributed by atoms with E-state index in [0.717, 1.165) is 0 Å². The van der Waals surface area contributed by atoms with Gasteiger partial charge in [-0.15, -0.1) is 0 Å². The Hall–Kier alpha value is -0.430. The van der Waals surface area contributed by atoms with Gasteiger partial charge in [-0.3, -0.25) is 9.36 Å². The van der Waals surface area contributed by atoms with E-state index >= 15 is 0 Å². The normalized spacial score (nSPS) is 11.8. The van der Waals surface area contributed by atoms with Crippen LogP contribution in [0, 0.1) is 0 Å². The molecule has 46 valence electrons. The smallest absolute Gasteiger partial charge is 0.320 e. The SMILES string of the molecule is CC(C)(P=O)C(=O)O. The summed E-state index contributed by atoms with van der Waals surface area (Å²) in [5.41, 5.74) is 0. The molecule has 0 saturated heterocycles. The first-order valence-corrected chi connectivity index (χ1v) is 2.90. The lowest BCUT2D eigenvalue weighted by Crippen LogP contribution is -2.23. The van der Waals surface area contributed by atoms with Gasteiger partial charge in [0.15, 0.2) is 8.46 Å². The van der Waals surface area contributed by atoms with E-state index < -0.39 is 11.1 Å². The molecule has 0 rings (SSSR count). The van der Waals surface area contributed by atoms with E-state index in [1.165, 1.54) is 13.8 Å². The van der Waals surface area contributed by atoms with Crippen LogP contribution in [-0.4, -0.2) is 16.2 Å². The molecule has 0 bridgehead atoms. The van der Waals surface area contributed by atoms with Crippen molar-refractivity contribution in [2.45, 2.75) is 19.0 Å². The van der Waals surface area contributed by atoms with Gasteiger partial charge in [0.25, 0.3) is 0 Å². The number of carbonyl (C=O) groups is 1. The topological polar surface area (TPSA) is 54.4 Å². The zero-order valence-electron chi connectivity index (χ0n) is 4.71. The average molecular weight is 134 g/mol. The van der Waals surface area contributed by atoms with Crippen LogP contribution in [0.1, 0.15) is 13.8 Å². The Morgan fingerprint density at radius 1 is 1.62 bits per heavy atom. The second-order valence-corrected chi connectivity index (χ2v) is 3.26. The van der Waals surface area contributed by atoms with Gasteiger partial charge in [-0.25, -0.2) is 0 Å². The van der Waals surface area contributed by atoms with Crippen molar-refractivity contribution >= 4 is 14.4 Å². The molecule has 0 radical (unpaired) electrons. The van der Waals surface area contributed by atoms with Gasteiger partial charge in [-0.1, -0.05) is 0 Å². The Balaban J connectivity index is 4.12. The lowest BCUT2D eigenvalue weighted by Gasteiger charge is -2.05. The number of carboxylic acid groups (broad SMARTS) is 1. The van der Waals surface area contributed by atoms with Crippen molar-refractivity contribution in [2.75, 3.05) is 0 Å². The monoisotopic (exact) mass is 134 g/mol. The molecule has 0 aromatic carbocycles. The Kier molecular flexibility index (Phi) is 2.11. The Labute approximate surface area is 48.9 Å². The fraction of sp³-hybridized carbons (Fsp3) is 0.750. The molecule has 0 aromatic heterocycles. The zero-order valence-corrected chi connectivity index (χ0v) is 5.61. The molecule has 0 aliphatic carbocycles. The van der Waals surface area contributed by atoms with Crippen molar-refractivity contribution in [1.29, 1.82) is 0 Å². The predicted octanol–water partition coefficient (Wildman–Crippen LogP) is 1.14. The van der Waals surface area contributed by atoms with Crippen molar-refractivity contribution in [2.24, 2.45) is 0 Å². The minimum absolute atomic E-state index is 0.350.